The van der Waals surface area contributed by atoms with E-state index in [9.17, 15) is 4.79 Å². The predicted molar refractivity (Wildman–Crippen MR) is 62.4 cm³/mol. The summed E-state index contributed by atoms with van der Waals surface area (Å²) in [5.74, 6) is 1.56. The summed E-state index contributed by atoms with van der Waals surface area (Å²) in [4.78, 5) is 13.6. The van der Waals surface area contributed by atoms with E-state index in [2.05, 4.69) is 11.9 Å². The zero-order chi connectivity index (χ0) is 10.8. The van der Waals surface area contributed by atoms with Gasteiger partial charge in [-0.3, -0.25) is 9.78 Å². The Morgan fingerprint density at radius 3 is 3.00 bits per heavy atom. The monoisotopic (exact) mass is 224 g/mol. The maximum Gasteiger partial charge on any atom is 0.251 e. The van der Waals surface area contributed by atoms with Crippen LogP contribution < -0.4 is 5.56 Å². The second-order valence-corrected chi connectivity index (χ2v) is 4.93. The van der Waals surface area contributed by atoms with E-state index in [4.69, 9.17) is 12.2 Å². The summed E-state index contributed by atoms with van der Waals surface area (Å²) >= 11 is 5.11. The van der Waals surface area contributed by atoms with Gasteiger partial charge in [-0.25, -0.2) is 0 Å². The van der Waals surface area contributed by atoms with Crippen molar-refractivity contribution >= 4 is 12.2 Å². The number of nitrogens with zero attached hydrogens (tertiary/aromatic N) is 1. The molecule has 15 heavy (non-hydrogen) atoms. The van der Waals surface area contributed by atoms with Crippen LogP contribution in [0.5, 0.6) is 0 Å². The van der Waals surface area contributed by atoms with Crippen molar-refractivity contribution < 1.29 is 0 Å². The fourth-order valence-corrected chi connectivity index (χ4v) is 2.59. The molecule has 1 aliphatic rings. The van der Waals surface area contributed by atoms with Gasteiger partial charge in [0.15, 0.2) is 4.77 Å². The zero-order valence-corrected chi connectivity index (χ0v) is 9.72. The van der Waals surface area contributed by atoms with E-state index in [-0.39, 0.29) is 5.56 Å². The van der Waals surface area contributed by atoms with Gasteiger partial charge >= 0.3 is 0 Å². The number of rotatable bonds is 2. The Morgan fingerprint density at radius 1 is 1.60 bits per heavy atom. The lowest BCUT2D eigenvalue weighted by atomic mass is 10.1. The molecule has 0 amide bonds. The molecule has 2 unspecified atom stereocenters. The van der Waals surface area contributed by atoms with Crippen molar-refractivity contribution in [1.82, 2.24) is 9.55 Å². The molecule has 0 saturated heterocycles. The summed E-state index contributed by atoms with van der Waals surface area (Å²) < 4.78 is 2.52. The lowest BCUT2D eigenvalue weighted by Gasteiger charge is -2.12. The van der Waals surface area contributed by atoms with Crippen molar-refractivity contribution in [1.29, 1.82) is 0 Å². The largest absolute Gasteiger partial charge is 0.325 e. The van der Waals surface area contributed by atoms with Gasteiger partial charge in [0.1, 0.15) is 0 Å². The molecule has 1 saturated carbocycles. The first kappa shape index (κ1) is 10.6. The van der Waals surface area contributed by atoms with Crippen LogP contribution in [0.1, 0.15) is 26.2 Å². The highest BCUT2D eigenvalue weighted by Crippen LogP contribution is 2.31. The third kappa shape index (κ3) is 2.56. The third-order valence-corrected chi connectivity index (χ3v) is 3.49. The van der Waals surface area contributed by atoms with Gasteiger partial charge in [0.2, 0.25) is 0 Å². The lowest BCUT2D eigenvalue weighted by molar-refractivity contribution is 0.433. The average molecular weight is 224 g/mol. The quantitative estimate of drug-likeness (QED) is 0.783. The maximum atomic E-state index is 11.0. The van der Waals surface area contributed by atoms with Crippen LogP contribution in [-0.2, 0) is 6.54 Å². The van der Waals surface area contributed by atoms with Crippen LogP contribution in [0, 0.1) is 16.6 Å². The number of aromatic amines is 1. The molecule has 4 heteroatoms. The molecule has 0 aliphatic heterocycles. The Balaban J connectivity index is 2.11. The number of nitrogens with one attached hydrogen (secondary N) is 1. The normalized spacial score (nSPS) is 25.7. The maximum absolute atomic E-state index is 11.0. The van der Waals surface area contributed by atoms with Crippen LogP contribution in [0.2, 0.25) is 0 Å². The van der Waals surface area contributed by atoms with Crippen molar-refractivity contribution in [2.75, 3.05) is 0 Å². The smallest absolute Gasteiger partial charge is 0.251 e. The van der Waals surface area contributed by atoms with E-state index >= 15 is 0 Å². The highest BCUT2D eigenvalue weighted by Gasteiger charge is 2.21. The fraction of sp³-hybridized carbons (Fsp3) is 0.636. The van der Waals surface area contributed by atoms with E-state index in [0.717, 1.165) is 18.4 Å². The summed E-state index contributed by atoms with van der Waals surface area (Å²) in [6.45, 7) is 3.24. The van der Waals surface area contributed by atoms with Crippen LogP contribution >= 0.6 is 12.2 Å². The predicted octanol–water partition coefficient (Wildman–Crippen LogP) is 2.34. The minimum absolute atomic E-state index is 0.115. The lowest BCUT2D eigenvalue weighted by Crippen LogP contribution is -2.14. The molecular weight excluding hydrogens is 208 g/mol. The van der Waals surface area contributed by atoms with Gasteiger partial charge in [0, 0.05) is 18.8 Å². The highest BCUT2D eigenvalue weighted by atomic mass is 32.1. The zero-order valence-electron chi connectivity index (χ0n) is 8.90. The molecule has 3 nitrogen and oxygen atoms in total. The molecule has 82 valence electrons. The van der Waals surface area contributed by atoms with E-state index in [1.165, 1.54) is 25.3 Å². The van der Waals surface area contributed by atoms with Crippen molar-refractivity contribution in [3.63, 3.8) is 0 Å². The van der Waals surface area contributed by atoms with Gasteiger partial charge in [-0.05, 0) is 36.9 Å². The Morgan fingerprint density at radius 2 is 2.40 bits per heavy atom. The number of hydrogen-bond donors (Lipinski definition) is 1. The van der Waals surface area contributed by atoms with Gasteiger partial charge in [-0.1, -0.05) is 13.3 Å². The van der Waals surface area contributed by atoms with E-state index < -0.39 is 0 Å². The molecule has 1 aliphatic carbocycles. The molecule has 2 rings (SSSR count). The molecular formula is C11H16N2OS. The average Bonchev–Trinajstić information content (AvgIpc) is 2.56. The van der Waals surface area contributed by atoms with Gasteiger partial charge in [-0.15, -0.1) is 0 Å². The van der Waals surface area contributed by atoms with Crippen LogP contribution in [0.4, 0.5) is 0 Å². The summed E-state index contributed by atoms with van der Waals surface area (Å²) in [6, 6.07) is 1.54. The highest BCUT2D eigenvalue weighted by molar-refractivity contribution is 7.71. The molecule has 0 aromatic carbocycles. The van der Waals surface area contributed by atoms with Crippen molar-refractivity contribution in [3.8, 4) is 0 Å². The summed E-state index contributed by atoms with van der Waals surface area (Å²) in [5.41, 5.74) is -0.115. The van der Waals surface area contributed by atoms with Crippen molar-refractivity contribution in [2.24, 2.45) is 11.8 Å². The minimum Gasteiger partial charge on any atom is -0.325 e. The Bertz CT molecular complexity index is 448. The van der Waals surface area contributed by atoms with E-state index in [0.29, 0.717) is 4.77 Å². The van der Waals surface area contributed by atoms with Crippen LogP contribution in [0.3, 0.4) is 0 Å². The number of hydrogen-bond acceptors (Lipinski definition) is 2. The topological polar surface area (TPSA) is 37.8 Å². The fourth-order valence-electron chi connectivity index (χ4n) is 2.36. The number of H-pyrrole nitrogens is 1. The van der Waals surface area contributed by atoms with Crippen LogP contribution in [0.15, 0.2) is 17.1 Å². The molecule has 1 fully saturated rings. The molecule has 1 N–H and O–H groups in total. The summed E-state index contributed by atoms with van der Waals surface area (Å²) in [5, 5.41) is 0. The Hall–Kier alpha value is -0.900. The van der Waals surface area contributed by atoms with Gasteiger partial charge in [0.05, 0.1) is 0 Å². The van der Waals surface area contributed by atoms with Crippen molar-refractivity contribution in [3.05, 3.63) is 27.4 Å². The SMILES string of the molecule is CC1CCC(Cn2ccc(=O)[nH]c2=S)C1. The molecule has 1 aromatic heterocycles. The molecule has 0 spiro atoms. The van der Waals surface area contributed by atoms with Crippen molar-refractivity contribution in [2.45, 2.75) is 32.7 Å². The van der Waals surface area contributed by atoms with Gasteiger partial charge in [-0.2, -0.15) is 0 Å². The van der Waals surface area contributed by atoms with Crippen LogP contribution in [-0.4, -0.2) is 9.55 Å². The first-order valence-electron chi connectivity index (χ1n) is 5.45. The summed E-state index contributed by atoms with van der Waals surface area (Å²) in [7, 11) is 0. The third-order valence-electron chi connectivity index (χ3n) is 3.16. The van der Waals surface area contributed by atoms with Crippen LogP contribution in [0.25, 0.3) is 0 Å². The van der Waals surface area contributed by atoms with E-state index in [1.807, 2.05) is 4.57 Å². The second kappa shape index (κ2) is 4.31. The molecule has 0 bridgehead atoms. The van der Waals surface area contributed by atoms with Gasteiger partial charge in [0.25, 0.3) is 5.56 Å². The first-order chi connectivity index (χ1) is 7.15. The van der Waals surface area contributed by atoms with Gasteiger partial charge < -0.3 is 4.57 Å². The summed E-state index contributed by atoms with van der Waals surface area (Å²) in [6.07, 6.45) is 5.68. The second-order valence-electron chi connectivity index (χ2n) is 4.55. The molecule has 2 atom stereocenters. The molecule has 0 radical (unpaired) electrons. The Labute approximate surface area is 94.1 Å². The number of aromatic nitrogens is 2. The van der Waals surface area contributed by atoms with E-state index in [1.54, 1.807) is 6.20 Å². The minimum atomic E-state index is -0.115. The molecule has 1 aromatic rings. The Kier molecular flexibility index (Phi) is 3.05. The standard InChI is InChI=1S/C11H16N2OS/c1-8-2-3-9(6-8)7-13-5-4-10(14)12-11(13)15/h4-5,8-9H,2-3,6-7H2,1H3,(H,12,14,15). The molecule has 1 heterocycles. The first-order valence-corrected chi connectivity index (χ1v) is 5.86.